The average Bonchev–Trinajstić information content (AvgIpc) is 3.40. The molecule has 0 aliphatic carbocycles. The number of carbonyl (C=O) groups is 1. The maximum absolute atomic E-state index is 11.6. The van der Waals surface area contributed by atoms with Crippen molar-refractivity contribution in [1.82, 2.24) is 25.4 Å². The Morgan fingerprint density at radius 1 is 1.10 bits per heavy atom. The zero-order valence-electron chi connectivity index (χ0n) is 16.3. The molecule has 1 aromatic carbocycles. The highest BCUT2D eigenvalue weighted by molar-refractivity contribution is 7.16. The molecule has 0 bridgehead atoms. The van der Waals surface area contributed by atoms with Crippen LogP contribution in [0.15, 0.2) is 48.9 Å². The number of rotatable bonds is 6. The van der Waals surface area contributed by atoms with Crippen LogP contribution in [0.4, 0.5) is 5.69 Å². The van der Waals surface area contributed by atoms with Crippen molar-refractivity contribution >= 4 is 22.8 Å². The van der Waals surface area contributed by atoms with Crippen LogP contribution in [0.1, 0.15) is 30.6 Å². The lowest BCUT2D eigenvalue weighted by Gasteiger charge is -2.15. The van der Waals surface area contributed by atoms with Crippen LogP contribution in [-0.2, 0) is 0 Å². The number of nitrogens with zero attached hydrogens (tertiary/aromatic N) is 4. The van der Waals surface area contributed by atoms with Gasteiger partial charge in [-0.1, -0.05) is 29.5 Å². The van der Waals surface area contributed by atoms with E-state index < -0.39 is 0 Å². The smallest absolute Gasteiger partial charge is 0.190 e. The van der Waals surface area contributed by atoms with Crippen molar-refractivity contribution in [2.24, 2.45) is 0 Å². The SMILES string of the molecule is CC(=O)c1nnc(-c2cnc(-c3cccc(-c4cn[nH]c4)c3)cc2NC(C)C)s1. The van der Waals surface area contributed by atoms with Crippen LogP contribution in [0, 0.1) is 0 Å². The summed E-state index contributed by atoms with van der Waals surface area (Å²) in [5, 5.41) is 19.6. The summed E-state index contributed by atoms with van der Waals surface area (Å²) in [6.07, 6.45) is 5.45. The molecule has 8 heteroatoms. The van der Waals surface area contributed by atoms with Gasteiger partial charge < -0.3 is 5.32 Å². The largest absolute Gasteiger partial charge is 0.382 e. The number of aromatic nitrogens is 5. The lowest BCUT2D eigenvalue weighted by Crippen LogP contribution is -2.11. The van der Waals surface area contributed by atoms with Gasteiger partial charge in [0.2, 0.25) is 0 Å². The number of aromatic amines is 1. The highest BCUT2D eigenvalue weighted by Crippen LogP contribution is 2.34. The molecule has 0 aliphatic heterocycles. The van der Waals surface area contributed by atoms with Gasteiger partial charge in [-0.05, 0) is 31.5 Å². The lowest BCUT2D eigenvalue weighted by atomic mass is 10.0. The second-order valence-electron chi connectivity index (χ2n) is 6.95. The molecule has 0 spiro atoms. The summed E-state index contributed by atoms with van der Waals surface area (Å²) in [5.74, 6) is -0.0900. The molecule has 0 atom stereocenters. The predicted molar refractivity (Wildman–Crippen MR) is 115 cm³/mol. The molecule has 2 N–H and O–H groups in total. The molecule has 0 amide bonds. The molecule has 29 heavy (non-hydrogen) atoms. The molecule has 7 nitrogen and oxygen atoms in total. The van der Waals surface area contributed by atoms with E-state index in [1.807, 2.05) is 30.5 Å². The Morgan fingerprint density at radius 2 is 1.93 bits per heavy atom. The quantitative estimate of drug-likeness (QED) is 0.453. The molecule has 4 rings (SSSR count). The fraction of sp³-hybridized carbons (Fsp3) is 0.190. The van der Waals surface area contributed by atoms with E-state index in [2.05, 4.69) is 50.6 Å². The summed E-state index contributed by atoms with van der Waals surface area (Å²) in [4.78, 5) is 16.3. The number of carbonyl (C=O) groups excluding carboxylic acids is 1. The Labute approximate surface area is 172 Å². The first-order chi connectivity index (χ1) is 14.0. The van der Waals surface area contributed by atoms with Crippen molar-refractivity contribution < 1.29 is 4.79 Å². The third kappa shape index (κ3) is 4.07. The maximum Gasteiger partial charge on any atom is 0.190 e. The summed E-state index contributed by atoms with van der Waals surface area (Å²) in [6, 6.07) is 10.4. The third-order valence-corrected chi connectivity index (χ3v) is 5.35. The molecular formula is C21H20N6OS. The molecule has 0 saturated carbocycles. The Bertz CT molecular complexity index is 1150. The van der Waals surface area contributed by atoms with Crippen LogP contribution < -0.4 is 5.32 Å². The molecular weight excluding hydrogens is 384 g/mol. The van der Waals surface area contributed by atoms with Gasteiger partial charge in [-0.15, -0.1) is 10.2 Å². The second kappa shape index (κ2) is 7.92. The van der Waals surface area contributed by atoms with Crippen molar-refractivity contribution in [3.63, 3.8) is 0 Å². The Kier molecular flexibility index (Phi) is 5.18. The fourth-order valence-electron chi connectivity index (χ4n) is 2.96. The number of Topliss-reactive ketones (excluding diaryl/α,β-unsaturated/α-hetero) is 1. The number of hydrogen-bond acceptors (Lipinski definition) is 7. The summed E-state index contributed by atoms with van der Waals surface area (Å²) in [7, 11) is 0. The van der Waals surface area contributed by atoms with Crippen LogP contribution >= 0.6 is 11.3 Å². The third-order valence-electron chi connectivity index (χ3n) is 4.29. The minimum Gasteiger partial charge on any atom is -0.382 e. The minimum atomic E-state index is -0.0900. The van der Waals surface area contributed by atoms with Crippen molar-refractivity contribution in [2.45, 2.75) is 26.8 Å². The number of nitrogens with one attached hydrogen (secondary N) is 2. The van der Waals surface area contributed by atoms with Gasteiger partial charge in [0.25, 0.3) is 0 Å². The zero-order chi connectivity index (χ0) is 20.4. The van der Waals surface area contributed by atoms with Crippen molar-refractivity contribution in [3.8, 4) is 33.0 Å². The van der Waals surface area contributed by atoms with Gasteiger partial charge in [0, 0.05) is 42.2 Å². The van der Waals surface area contributed by atoms with Crippen LogP contribution in [-0.4, -0.2) is 37.2 Å². The van der Waals surface area contributed by atoms with Crippen molar-refractivity contribution in [3.05, 3.63) is 53.9 Å². The van der Waals surface area contributed by atoms with Crippen molar-refractivity contribution in [2.75, 3.05) is 5.32 Å². The van der Waals surface area contributed by atoms with Crippen LogP contribution in [0.2, 0.25) is 0 Å². The maximum atomic E-state index is 11.6. The number of pyridine rings is 1. The van der Waals surface area contributed by atoms with Gasteiger partial charge in [0.05, 0.1) is 17.5 Å². The van der Waals surface area contributed by atoms with E-state index in [1.54, 1.807) is 12.4 Å². The summed E-state index contributed by atoms with van der Waals surface area (Å²) in [5.41, 5.74) is 5.68. The van der Waals surface area contributed by atoms with Crippen LogP contribution in [0.5, 0.6) is 0 Å². The van der Waals surface area contributed by atoms with E-state index in [-0.39, 0.29) is 11.8 Å². The highest BCUT2D eigenvalue weighted by atomic mass is 32.1. The van der Waals surface area contributed by atoms with E-state index >= 15 is 0 Å². The molecule has 3 heterocycles. The summed E-state index contributed by atoms with van der Waals surface area (Å²) in [6.45, 7) is 5.64. The van der Waals surface area contributed by atoms with E-state index in [0.29, 0.717) is 10.0 Å². The first-order valence-corrected chi connectivity index (χ1v) is 10.0. The first kappa shape index (κ1) is 18.9. The zero-order valence-corrected chi connectivity index (χ0v) is 17.1. The van der Waals surface area contributed by atoms with Gasteiger partial charge >= 0.3 is 0 Å². The molecule has 0 fully saturated rings. The minimum absolute atomic E-state index is 0.0900. The molecule has 4 aromatic rings. The lowest BCUT2D eigenvalue weighted by molar-refractivity contribution is 0.101. The van der Waals surface area contributed by atoms with E-state index in [4.69, 9.17) is 0 Å². The number of ketones is 1. The Hall–Kier alpha value is -3.39. The van der Waals surface area contributed by atoms with E-state index in [1.165, 1.54) is 18.3 Å². The van der Waals surface area contributed by atoms with Crippen LogP contribution in [0.25, 0.3) is 33.0 Å². The number of anilines is 1. The summed E-state index contributed by atoms with van der Waals surface area (Å²) < 4.78 is 0. The van der Waals surface area contributed by atoms with Gasteiger partial charge in [-0.3, -0.25) is 14.9 Å². The average molecular weight is 404 g/mol. The normalized spacial score (nSPS) is 11.0. The molecule has 3 aromatic heterocycles. The highest BCUT2D eigenvalue weighted by Gasteiger charge is 2.16. The topological polar surface area (TPSA) is 96.4 Å². The van der Waals surface area contributed by atoms with Gasteiger partial charge in [0.1, 0.15) is 0 Å². The Morgan fingerprint density at radius 3 is 2.62 bits per heavy atom. The summed E-state index contributed by atoms with van der Waals surface area (Å²) >= 11 is 1.28. The molecule has 146 valence electrons. The van der Waals surface area contributed by atoms with Crippen LogP contribution in [0.3, 0.4) is 0 Å². The molecule has 0 saturated heterocycles. The number of benzene rings is 1. The van der Waals surface area contributed by atoms with Crippen molar-refractivity contribution in [1.29, 1.82) is 0 Å². The standard InChI is InChI=1S/C21H20N6OS/c1-12(2)25-19-8-18(15-6-4-5-14(7-15)16-9-23-24-10-16)22-11-17(19)21-27-26-20(29-21)13(3)28/h4-12H,1-3H3,(H,22,25)(H,23,24). The van der Waals surface area contributed by atoms with Gasteiger partial charge in [-0.25, -0.2) is 0 Å². The van der Waals surface area contributed by atoms with E-state index in [9.17, 15) is 4.79 Å². The van der Waals surface area contributed by atoms with Gasteiger partial charge in [0.15, 0.2) is 15.8 Å². The second-order valence-corrected chi connectivity index (χ2v) is 7.93. The predicted octanol–water partition coefficient (Wildman–Crippen LogP) is 4.68. The Balaban J connectivity index is 1.76. The molecule has 0 aliphatic rings. The number of hydrogen-bond donors (Lipinski definition) is 2. The first-order valence-electron chi connectivity index (χ1n) is 9.22. The van der Waals surface area contributed by atoms with E-state index in [0.717, 1.165) is 33.6 Å². The molecule has 0 unspecified atom stereocenters. The number of H-pyrrole nitrogens is 1. The monoisotopic (exact) mass is 404 g/mol. The molecule has 0 radical (unpaired) electrons. The van der Waals surface area contributed by atoms with Gasteiger partial charge in [-0.2, -0.15) is 5.10 Å². The fourth-order valence-corrected chi connectivity index (χ4v) is 3.72.